The first-order chi connectivity index (χ1) is 10.2. The van der Waals surface area contributed by atoms with Crippen molar-refractivity contribution in [3.05, 3.63) is 58.7 Å². The molecule has 0 spiro atoms. The van der Waals surface area contributed by atoms with Crippen LogP contribution in [-0.4, -0.2) is 3.79 Å². The fraction of sp³-hybridized carbons (Fsp3) is 0.450. The molecule has 0 N–H and O–H groups in total. The van der Waals surface area contributed by atoms with Gasteiger partial charge in [0.25, 0.3) is 0 Å². The largest absolute Gasteiger partial charge is 0.283 e. The monoisotopic (exact) mass is 410 g/mol. The third-order valence-corrected chi connectivity index (χ3v) is 4.43. The first-order valence-electron chi connectivity index (χ1n) is 7.83. The van der Waals surface area contributed by atoms with Crippen molar-refractivity contribution in [2.24, 2.45) is 5.41 Å². The van der Waals surface area contributed by atoms with Crippen molar-refractivity contribution in [3.8, 4) is 0 Å². The van der Waals surface area contributed by atoms with Gasteiger partial charge in [-0.3, -0.25) is 4.79 Å². The van der Waals surface area contributed by atoms with E-state index in [0.717, 1.165) is 5.57 Å². The molecule has 0 fully saturated rings. The summed E-state index contributed by atoms with van der Waals surface area (Å²) in [6.07, 6.45) is 15.9. The van der Waals surface area contributed by atoms with Gasteiger partial charge in [0.15, 0.2) is 0 Å². The summed E-state index contributed by atoms with van der Waals surface area (Å²) >= 11 is 1.78. The Morgan fingerprint density at radius 1 is 1.18 bits per heavy atom. The molecule has 0 aromatic heterocycles. The molecule has 0 saturated carbocycles. The zero-order valence-electron chi connectivity index (χ0n) is 14.4. The van der Waals surface area contributed by atoms with E-state index < -0.39 is 0 Å². The van der Waals surface area contributed by atoms with E-state index in [2.05, 4.69) is 45.9 Å². The maximum Gasteiger partial charge on any atom is 0.215 e. The Kier molecular flexibility index (Phi) is 7.54. The summed E-state index contributed by atoms with van der Waals surface area (Å²) in [5.74, 6) is 0. The average molecular weight is 410 g/mol. The second kappa shape index (κ2) is 8.66. The Hall–Kier alpha value is -0.900. The van der Waals surface area contributed by atoms with Gasteiger partial charge in [-0.25, -0.2) is 0 Å². The van der Waals surface area contributed by atoms with Gasteiger partial charge in [-0.1, -0.05) is 55.4 Å². The van der Waals surface area contributed by atoms with Gasteiger partial charge in [0.2, 0.25) is 3.79 Å². The van der Waals surface area contributed by atoms with Crippen molar-refractivity contribution < 1.29 is 4.79 Å². The lowest BCUT2D eigenvalue weighted by Gasteiger charge is -2.32. The molecule has 1 aliphatic rings. The van der Waals surface area contributed by atoms with Crippen LogP contribution < -0.4 is 0 Å². The van der Waals surface area contributed by atoms with Crippen molar-refractivity contribution in [1.82, 2.24) is 0 Å². The Morgan fingerprint density at radius 2 is 1.86 bits per heavy atom. The third kappa shape index (κ3) is 6.47. The summed E-state index contributed by atoms with van der Waals surface area (Å²) in [6.45, 7) is 11.0. The van der Waals surface area contributed by atoms with Gasteiger partial charge in [0.05, 0.1) is 0 Å². The van der Waals surface area contributed by atoms with E-state index in [0.29, 0.717) is 0 Å². The molecule has 1 rings (SSSR count). The van der Waals surface area contributed by atoms with Crippen LogP contribution in [0.2, 0.25) is 0 Å². The third-order valence-electron chi connectivity index (χ3n) is 4.11. The average Bonchev–Trinajstić information content (AvgIpc) is 2.36. The number of carbonyl (C=O) groups is 1. The Balaban J connectivity index is 2.79. The maximum absolute atomic E-state index is 11.0. The zero-order valence-corrected chi connectivity index (χ0v) is 16.5. The summed E-state index contributed by atoms with van der Waals surface area (Å²) in [6, 6.07) is 0. The lowest BCUT2D eigenvalue weighted by atomic mass is 9.72. The standard InChI is InChI=1S/C20H27IO/c1-15(8-6-9-16(2)14-19(21)22)11-12-18-17(3)10-7-13-20(18,4)5/h6,8-9,11-12,14H,7,10,13H2,1-5H3/b9-6+,12-11+,15-8+,16-14+. The van der Waals surface area contributed by atoms with Gasteiger partial charge < -0.3 is 0 Å². The minimum atomic E-state index is 0.0577. The first kappa shape index (κ1) is 19.1. The molecule has 0 bridgehead atoms. The minimum Gasteiger partial charge on any atom is -0.283 e. The van der Waals surface area contributed by atoms with Crippen LogP contribution in [0.15, 0.2) is 58.7 Å². The van der Waals surface area contributed by atoms with Crippen molar-refractivity contribution in [2.45, 2.75) is 53.9 Å². The van der Waals surface area contributed by atoms with Crippen molar-refractivity contribution in [1.29, 1.82) is 0 Å². The topological polar surface area (TPSA) is 17.1 Å². The quantitative estimate of drug-likeness (QED) is 0.219. The molecule has 22 heavy (non-hydrogen) atoms. The SMILES string of the molecule is CC1=C(/C=C/C(C)=C/C=C/C(C)=C/C(=O)I)C(C)(C)CCC1. The number of rotatable bonds is 5. The second-order valence-electron chi connectivity index (χ2n) is 6.73. The van der Waals surface area contributed by atoms with E-state index in [1.807, 2.05) is 19.1 Å². The molecule has 0 aliphatic heterocycles. The van der Waals surface area contributed by atoms with E-state index in [4.69, 9.17) is 0 Å². The van der Waals surface area contributed by atoms with Crippen LogP contribution >= 0.6 is 22.6 Å². The molecule has 1 aliphatic carbocycles. The van der Waals surface area contributed by atoms with Gasteiger partial charge in [0.1, 0.15) is 0 Å². The van der Waals surface area contributed by atoms with Gasteiger partial charge in [-0.05, 0) is 62.7 Å². The van der Waals surface area contributed by atoms with Gasteiger partial charge in [0, 0.05) is 22.6 Å². The lowest BCUT2D eigenvalue weighted by molar-refractivity contribution is -0.105. The highest BCUT2D eigenvalue weighted by Crippen LogP contribution is 2.40. The molecule has 0 aromatic carbocycles. The summed E-state index contributed by atoms with van der Waals surface area (Å²) in [4.78, 5) is 11.0. The van der Waals surface area contributed by atoms with E-state index in [9.17, 15) is 4.79 Å². The highest BCUT2D eigenvalue weighted by molar-refractivity contribution is 14.1. The van der Waals surface area contributed by atoms with Gasteiger partial charge in [-0.15, -0.1) is 0 Å². The Labute approximate surface area is 149 Å². The number of halogens is 1. The van der Waals surface area contributed by atoms with Crippen LogP contribution in [0.1, 0.15) is 53.9 Å². The predicted octanol–water partition coefficient (Wildman–Crippen LogP) is 6.48. The molecule has 0 unspecified atom stereocenters. The highest BCUT2D eigenvalue weighted by atomic mass is 127. The minimum absolute atomic E-state index is 0.0577. The molecule has 0 amide bonds. The maximum atomic E-state index is 11.0. The molecule has 120 valence electrons. The van der Waals surface area contributed by atoms with Crippen LogP contribution in [0, 0.1) is 5.41 Å². The number of hydrogen-bond acceptors (Lipinski definition) is 1. The van der Waals surface area contributed by atoms with E-state index >= 15 is 0 Å². The van der Waals surface area contributed by atoms with Crippen LogP contribution in [0.3, 0.4) is 0 Å². The predicted molar refractivity (Wildman–Crippen MR) is 105 cm³/mol. The summed E-state index contributed by atoms with van der Waals surface area (Å²) in [7, 11) is 0. The summed E-state index contributed by atoms with van der Waals surface area (Å²) in [5, 5.41) is 0. The van der Waals surface area contributed by atoms with Crippen LogP contribution in [-0.2, 0) is 4.79 Å². The van der Waals surface area contributed by atoms with Crippen LogP contribution in [0.5, 0.6) is 0 Å². The molecular weight excluding hydrogens is 383 g/mol. The summed E-state index contributed by atoms with van der Waals surface area (Å²) in [5.41, 5.74) is 5.48. The number of hydrogen-bond donors (Lipinski definition) is 0. The van der Waals surface area contributed by atoms with E-state index in [1.165, 1.54) is 36.0 Å². The first-order valence-corrected chi connectivity index (χ1v) is 8.91. The molecule has 0 saturated heterocycles. The molecular formula is C20H27IO. The van der Waals surface area contributed by atoms with Crippen LogP contribution in [0.4, 0.5) is 0 Å². The van der Waals surface area contributed by atoms with Crippen LogP contribution in [0.25, 0.3) is 0 Å². The fourth-order valence-electron chi connectivity index (χ4n) is 2.86. The smallest absolute Gasteiger partial charge is 0.215 e. The molecule has 0 radical (unpaired) electrons. The molecule has 1 nitrogen and oxygen atoms in total. The second-order valence-corrected chi connectivity index (χ2v) is 7.79. The number of allylic oxidation sites excluding steroid dienone is 10. The molecule has 0 aromatic rings. The van der Waals surface area contributed by atoms with Crippen molar-refractivity contribution in [2.75, 3.05) is 0 Å². The van der Waals surface area contributed by atoms with Gasteiger partial charge >= 0.3 is 0 Å². The van der Waals surface area contributed by atoms with E-state index in [-0.39, 0.29) is 9.20 Å². The Morgan fingerprint density at radius 3 is 2.45 bits per heavy atom. The van der Waals surface area contributed by atoms with Gasteiger partial charge in [-0.2, -0.15) is 0 Å². The molecule has 0 heterocycles. The lowest BCUT2D eigenvalue weighted by Crippen LogP contribution is -2.19. The molecule has 2 heteroatoms. The number of carbonyl (C=O) groups excluding carboxylic acids is 1. The van der Waals surface area contributed by atoms with Crippen molar-refractivity contribution in [3.63, 3.8) is 0 Å². The van der Waals surface area contributed by atoms with Crippen molar-refractivity contribution >= 4 is 26.4 Å². The molecule has 0 atom stereocenters. The van der Waals surface area contributed by atoms with E-state index in [1.54, 1.807) is 28.7 Å². The normalized spacial score (nSPS) is 20.3. The summed E-state index contributed by atoms with van der Waals surface area (Å²) < 4.78 is 0.0577. The zero-order chi connectivity index (χ0) is 16.8. The Bertz CT molecular complexity index is 569. The highest BCUT2D eigenvalue weighted by Gasteiger charge is 2.26. The fourth-order valence-corrected chi connectivity index (χ4v) is 3.35.